The van der Waals surface area contributed by atoms with E-state index in [1.807, 2.05) is 51.1 Å². The van der Waals surface area contributed by atoms with Gasteiger partial charge in [0, 0.05) is 34.7 Å². The van der Waals surface area contributed by atoms with Gasteiger partial charge in [0.25, 0.3) is 0 Å². The van der Waals surface area contributed by atoms with E-state index in [0.717, 1.165) is 50.1 Å². The van der Waals surface area contributed by atoms with Crippen molar-refractivity contribution in [2.24, 2.45) is 0 Å². The SMILES string of the molecule is CCOc1ccc(-c2coc3c(C)c(OC)c(/C(C)=C/C(=O)NCc4ccc(F)cc4)cc23)cc1. The van der Waals surface area contributed by atoms with Crippen LogP contribution in [0.5, 0.6) is 11.5 Å². The Kier molecular flexibility index (Phi) is 7.20. The fraction of sp³-hybridized carbons (Fsp3) is 0.207. The highest BCUT2D eigenvalue weighted by atomic mass is 19.1. The molecule has 0 aliphatic carbocycles. The van der Waals surface area contributed by atoms with Crippen LogP contribution in [0.15, 0.2) is 71.4 Å². The molecule has 4 rings (SSSR count). The van der Waals surface area contributed by atoms with Gasteiger partial charge in [-0.2, -0.15) is 0 Å². The maximum Gasteiger partial charge on any atom is 0.244 e. The van der Waals surface area contributed by atoms with Crippen LogP contribution in [0.3, 0.4) is 0 Å². The van der Waals surface area contributed by atoms with E-state index in [1.165, 1.54) is 12.1 Å². The van der Waals surface area contributed by atoms with Gasteiger partial charge in [0.15, 0.2) is 0 Å². The molecule has 1 aromatic heterocycles. The number of ether oxygens (including phenoxy) is 2. The number of hydrogen-bond donors (Lipinski definition) is 1. The van der Waals surface area contributed by atoms with Crippen molar-refractivity contribution in [2.75, 3.05) is 13.7 Å². The summed E-state index contributed by atoms with van der Waals surface area (Å²) in [7, 11) is 1.61. The maximum atomic E-state index is 13.1. The Morgan fingerprint density at radius 2 is 1.83 bits per heavy atom. The second-order valence-corrected chi connectivity index (χ2v) is 8.24. The van der Waals surface area contributed by atoms with Crippen molar-refractivity contribution in [2.45, 2.75) is 27.3 Å². The minimum atomic E-state index is -0.308. The number of rotatable bonds is 8. The van der Waals surface area contributed by atoms with Crippen molar-refractivity contribution in [1.29, 1.82) is 0 Å². The predicted molar refractivity (Wildman–Crippen MR) is 136 cm³/mol. The van der Waals surface area contributed by atoms with Crippen LogP contribution in [0.1, 0.15) is 30.5 Å². The number of hydrogen-bond acceptors (Lipinski definition) is 4. The van der Waals surface area contributed by atoms with Crippen molar-refractivity contribution in [3.8, 4) is 22.6 Å². The minimum Gasteiger partial charge on any atom is -0.496 e. The highest BCUT2D eigenvalue weighted by Crippen LogP contribution is 2.40. The molecule has 0 bridgehead atoms. The topological polar surface area (TPSA) is 60.7 Å². The van der Waals surface area contributed by atoms with Crippen molar-refractivity contribution in [1.82, 2.24) is 5.32 Å². The number of methoxy groups -OCH3 is 1. The van der Waals surface area contributed by atoms with Crippen LogP contribution in [0.25, 0.3) is 27.7 Å². The first-order chi connectivity index (χ1) is 16.9. The molecule has 1 heterocycles. The first kappa shape index (κ1) is 24.1. The Hall–Kier alpha value is -4.06. The number of allylic oxidation sites excluding steroid dienone is 1. The molecule has 1 N–H and O–H groups in total. The lowest BCUT2D eigenvalue weighted by atomic mass is 9.96. The average molecular weight is 474 g/mol. The minimum absolute atomic E-state index is 0.245. The lowest BCUT2D eigenvalue weighted by Gasteiger charge is -2.13. The number of furan rings is 1. The maximum absolute atomic E-state index is 13.1. The Morgan fingerprint density at radius 3 is 2.49 bits per heavy atom. The van der Waals surface area contributed by atoms with Crippen molar-refractivity contribution in [3.05, 3.63) is 89.4 Å². The highest BCUT2D eigenvalue weighted by Gasteiger charge is 2.19. The molecule has 0 unspecified atom stereocenters. The average Bonchev–Trinajstić information content (AvgIpc) is 3.28. The summed E-state index contributed by atoms with van der Waals surface area (Å²) < 4.78 is 30.3. The summed E-state index contributed by atoms with van der Waals surface area (Å²) in [6, 6.07) is 15.9. The predicted octanol–water partition coefficient (Wildman–Crippen LogP) is 6.67. The monoisotopic (exact) mass is 473 g/mol. The fourth-order valence-corrected chi connectivity index (χ4v) is 4.11. The van der Waals surface area contributed by atoms with Gasteiger partial charge >= 0.3 is 0 Å². The quantitative estimate of drug-likeness (QED) is 0.290. The summed E-state index contributed by atoms with van der Waals surface area (Å²) in [5.41, 5.74) is 5.93. The number of halogens is 1. The van der Waals surface area contributed by atoms with E-state index < -0.39 is 0 Å². The van der Waals surface area contributed by atoms with Gasteiger partial charge in [0.2, 0.25) is 5.91 Å². The lowest BCUT2D eigenvalue weighted by molar-refractivity contribution is -0.116. The van der Waals surface area contributed by atoms with Crippen molar-refractivity contribution < 1.29 is 23.1 Å². The molecule has 0 atom stereocenters. The molecule has 0 saturated heterocycles. The normalized spacial score (nSPS) is 11.5. The summed E-state index contributed by atoms with van der Waals surface area (Å²) in [6.07, 6.45) is 3.29. The standard InChI is InChI=1S/C29H28FNO4/c1-5-34-23-12-8-21(9-13-23)26-17-35-29-19(3)28(33-4)24(15-25(26)29)18(2)14-27(32)31-16-20-6-10-22(30)11-7-20/h6-15,17H,5,16H2,1-4H3,(H,31,32)/b18-14+. The lowest BCUT2D eigenvalue weighted by Crippen LogP contribution is -2.20. The zero-order chi connectivity index (χ0) is 24.9. The first-order valence-electron chi connectivity index (χ1n) is 11.4. The summed E-state index contributed by atoms with van der Waals surface area (Å²) in [4.78, 5) is 12.6. The number of carbonyl (C=O) groups excluding carboxylic acids is 1. The van der Waals surface area contributed by atoms with Crippen LogP contribution >= 0.6 is 0 Å². The molecule has 0 spiro atoms. The Morgan fingerprint density at radius 1 is 1.11 bits per heavy atom. The second-order valence-electron chi connectivity index (χ2n) is 8.24. The number of aryl methyl sites for hydroxylation is 1. The van der Waals surface area contributed by atoms with Gasteiger partial charge in [0.1, 0.15) is 22.9 Å². The van der Waals surface area contributed by atoms with E-state index in [4.69, 9.17) is 13.9 Å². The summed E-state index contributed by atoms with van der Waals surface area (Å²) in [6.45, 7) is 6.69. The molecule has 4 aromatic rings. The number of fused-ring (bicyclic) bond motifs is 1. The molecule has 5 nitrogen and oxygen atoms in total. The number of benzene rings is 3. The van der Waals surface area contributed by atoms with Crippen molar-refractivity contribution in [3.63, 3.8) is 0 Å². The zero-order valence-corrected chi connectivity index (χ0v) is 20.3. The molecule has 180 valence electrons. The largest absolute Gasteiger partial charge is 0.496 e. The summed E-state index contributed by atoms with van der Waals surface area (Å²) in [5.74, 6) is 0.918. The molecule has 0 aliphatic rings. The molecule has 0 radical (unpaired) electrons. The third-order valence-electron chi connectivity index (χ3n) is 5.88. The second kappa shape index (κ2) is 10.5. The number of nitrogens with one attached hydrogen (secondary N) is 1. The third kappa shape index (κ3) is 5.22. The Bertz CT molecular complexity index is 1370. The van der Waals surface area contributed by atoms with E-state index in [1.54, 1.807) is 31.6 Å². The van der Waals surface area contributed by atoms with Gasteiger partial charge in [-0.3, -0.25) is 4.79 Å². The van der Waals surface area contributed by atoms with Gasteiger partial charge in [-0.25, -0.2) is 4.39 Å². The molecule has 6 heteroatoms. The molecule has 0 saturated carbocycles. The molecule has 35 heavy (non-hydrogen) atoms. The van der Waals surface area contributed by atoms with E-state index in [9.17, 15) is 9.18 Å². The highest BCUT2D eigenvalue weighted by molar-refractivity contribution is 6.01. The Labute approximate surface area is 204 Å². The molecule has 0 fully saturated rings. The zero-order valence-electron chi connectivity index (χ0n) is 20.3. The van der Waals surface area contributed by atoms with Gasteiger partial charge < -0.3 is 19.2 Å². The molecule has 1 amide bonds. The summed E-state index contributed by atoms with van der Waals surface area (Å²) >= 11 is 0. The number of carbonyl (C=O) groups is 1. The van der Waals surface area contributed by atoms with Crippen LogP contribution in [0, 0.1) is 12.7 Å². The summed E-state index contributed by atoms with van der Waals surface area (Å²) in [5, 5.41) is 3.78. The van der Waals surface area contributed by atoms with Crippen LogP contribution in [0.4, 0.5) is 4.39 Å². The fourth-order valence-electron chi connectivity index (χ4n) is 4.11. The van der Waals surface area contributed by atoms with Crippen LogP contribution in [0.2, 0.25) is 0 Å². The molecule has 3 aromatic carbocycles. The van der Waals surface area contributed by atoms with Gasteiger partial charge in [-0.15, -0.1) is 0 Å². The third-order valence-corrected chi connectivity index (χ3v) is 5.88. The first-order valence-corrected chi connectivity index (χ1v) is 11.4. The molecular weight excluding hydrogens is 445 g/mol. The molecule has 0 aliphatic heterocycles. The molecular formula is C29H28FNO4. The number of amides is 1. The van der Waals surface area contributed by atoms with Gasteiger partial charge in [-0.1, -0.05) is 24.3 Å². The van der Waals surface area contributed by atoms with E-state index in [0.29, 0.717) is 18.9 Å². The van der Waals surface area contributed by atoms with E-state index in [-0.39, 0.29) is 11.7 Å². The van der Waals surface area contributed by atoms with E-state index >= 15 is 0 Å². The van der Waals surface area contributed by atoms with Crippen LogP contribution in [-0.4, -0.2) is 19.6 Å². The van der Waals surface area contributed by atoms with Crippen LogP contribution in [-0.2, 0) is 11.3 Å². The van der Waals surface area contributed by atoms with Crippen molar-refractivity contribution >= 4 is 22.4 Å². The van der Waals surface area contributed by atoms with Gasteiger partial charge in [0.05, 0.1) is 20.0 Å². The smallest absolute Gasteiger partial charge is 0.244 e. The van der Waals surface area contributed by atoms with Crippen LogP contribution < -0.4 is 14.8 Å². The van der Waals surface area contributed by atoms with Gasteiger partial charge in [-0.05, 0) is 67.8 Å². The van der Waals surface area contributed by atoms with E-state index in [2.05, 4.69) is 5.32 Å². The Balaban J connectivity index is 1.65.